The van der Waals surface area contributed by atoms with Gasteiger partial charge in [0.2, 0.25) is 0 Å². The fourth-order valence-corrected chi connectivity index (χ4v) is 2.28. The molecule has 0 bridgehead atoms. The fraction of sp³-hybridized carbons (Fsp3) is 0.143. The van der Waals surface area contributed by atoms with E-state index < -0.39 is 0 Å². The van der Waals surface area contributed by atoms with Crippen molar-refractivity contribution in [2.45, 2.75) is 13.0 Å². The van der Waals surface area contributed by atoms with Crippen LogP contribution >= 0.6 is 0 Å². The topological polar surface area (TPSA) is 41.8 Å². The van der Waals surface area contributed by atoms with Gasteiger partial charge in [0.25, 0.3) is 0 Å². The Labute approximate surface area is 94.1 Å². The normalized spacial score (nSPS) is 13.4. The Hall–Kier alpha value is -1.80. The maximum absolute atomic E-state index is 5.98. The van der Waals surface area contributed by atoms with Crippen LogP contribution in [0.5, 0.6) is 0 Å². The Morgan fingerprint density at radius 1 is 1.00 bits per heavy atom. The van der Waals surface area contributed by atoms with E-state index in [2.05, 4.69) is 41.4 Å². The molecule has 2 aromatic carbocycles. The van der Waals surface area contributed by atoms with Gasteiger partial charge >= 0.3 is 0 Å². The molecule has 0 fully saturated rings. The lowest BCUT2D eigenvalue weighted by Crippen LogP contribution is -2.05. The molecule has 0 aliphatic rings. The summed E-state index contributed by atoms with van der Waals surface area (Å²) in [5.74, 6) is 0. The summed E-state index contributed by atoms with van der Waals surface area (Å²) in [6.07, 6.45) is 0. The number of fused-ring (bicyclic) bond motifs is 3. The number of hydrogen-bond donors (Lipinski definition) is 2. The largest absolute Gasteiger partial charge is 0.354 e. The van der Waals surface area contributed by atoms with E-state index >= 15 is 0 Å². The van der Waals surface area contributed by atoms with Crippen molar-refractivity contribution in [1.82, 2.24) is 4.98 Å². The van der Waals surface area contributed by atoms with E-state index in [-0.39, 0.29) is 6.04 Å². The van der Waals surface area contributed by atoms with Crippen LogP contribution in [0, 0.1) is 0 Å². The van der Waals surface area contributed by atoms with Crippen LogP contribution in [0.1, 0.15) is 18.5 Å². The molecule has 0 aliphatic carbocycles. The molecule has 2 nitrogen and oxygen atoms in total. The highest BCUT2D eigenvalue weighted by Crippen LogP contribution is 2.29. The smallest absolute Gasteiger partial charge is 0.0513 e. The van der Waals surface area contributed by atoms with E-state index in [0.717, 1.165) is 0 Å². The minimum absolute atomic E-state index is 0.0526. The number of hydrogen-bond acceptors (Lipinski definition) is 1. The van der Waals surface area contributed by atoms with Gasteiger partial charge in [0.15, 0.2) is 0 Å². The average Bonchev–Trinajstić information content (AvgIpc) is 2.67. The molecule has 0 saturated heterocycles. The standard InChI is InChI=1S/C14H14N2/c1-9(15)10-6-4-7-12-11-5-2-3-8-13(11)16-14(10)12/h2-9,16H,15H2,1H3/t9-/m0/s1. The maximum Gasteiger partial charge on any atom is 0.0513 e. The molecule has 1 atom stereocenters. The van der Waals surface area contributed by atoms with Crippen molar-refractivity contribution in [1.29, 1.82) is 0 Å². The molecule has 0 unspecified atom stereocenters. The van der Waals surface area contributed by atoms with Crippen LogP contribution in [-0.2, 0) is 0 Å². The third kappa shape index (κ3) is 1.24. The van der Waals surface area contributed by atoms with Crippen molar-refractivity contribution < 1.29 is 0 Å². The first-order valence-electron chi connectivity index (χ1n) is 5.52. The average molecular weight is 210 g/mol. The minimum Gasteiger partial charge on any atom is -0.354 e. The Balaban J connectivity index is 2.49. The minimum atomic E-state index is 0.0526. The van der Waals surface area contributed by atoms with Gasteiger partial charge in [0.1, 0.15) is 0 Å². The first-order chi connectivity index (χ1) is 7.77. The van der Waals surface area contributed by atoms with Crippen molar-refractivity contribution >= 4 is 21.8 Å². The summed E-state index contributed by atoms with van der Waals surface area (Å²) >= 11 is 0. The van der Waals surface area contributed by atoms with E-state index in [1.807, 2.05) is 13.0 Å². The summed E-state index contributed by atoms with van der Waals surface area (Å²) in [5.41, 5.74) is 9.49. The zero-order valence-corrected chi connectivity index (χ0v) is 9.20. The summed E-state index contributed by atoms with van der Waals surface area (Å²) in [4.78, 5) is 3.45. The number of para-hydroxylation sites is 2. The highest BCUT2D eigenvalue weighted by Gasteiger charge is 2.09. The highest BCUT2D eigenvalue weighted by atomic mass is 14.7. The third-order valence-corrected chi connectivity index (χ3v) is 3.06. The molecule has 3 N–H and O–H groups in total. The van der Waals surface area contributed by atoms with Gasteiger partial charge in [0, 0.05) is 22.3 Å². The van der Waals surface area contributed by atoms with Crippen molar-refractivity contribution in [2.75, 3.05) is 0 Å². The predicted molar refractivity (Wildman–Crippen MR) is 68.4 cm³/mol. The Morgan fingerprint density at radius 2 is 1.75 bits per heavy atom. The van der Waals surface area contributed by atoms with Gasteiger partial charge in [-0.15, -0.1) is 0 Å². The number of nitrogens with two attached hydrogens (primary N) is 1. The van der Waals surface area contributed by atoms with Gasteiger partial charge < -0.3 is 10.7 Å². The van der Waals surface area contributed by atoms with Crippen LogP contribution < -0.4 is 5.73 Å². The summed E-state index contributed by atoms with van der Waals surface area (Å²) in [6.45, 7) is 2.01. The molecule has 0 saturated carbocycles. The molecule has 0 aliphatic heterocycles. The van der Waals surface area contributed by atoms with Crippen LogP contribution in [0.4, 0.5) is 0 Å². The number of aromatic amines is 1. The molecular weight excluding hydrogens is 196 g/mol. The van der Waals surface area contributed by atoms with Crippen LogP contribution in [-0.4, -0.2) is 4.98 Å². The van der Waals surface area contributed by atoms with E-state index in [1.165, 1.54) is 27.4 Å². The second-order valence-electron chi connectivity index (χ2n) is 4.23. The summed E-state index contributed by atoms with van der Waals surface area (Å²) in [7, 11) is 0. The molecule has 2 heteroatoms. The van der Waals surface area contributed by atoms with E-state index in [1.54, 1.807) is 0 Å². The van der Waals surface area contributed by atoms with Crippen LogP contribution in [0.15, 0.2) is 42.5 Å². The van der Waals surface area contributed by atoms with Gasteiger partial charge in [0.05, 0.1) is 5.52 Å². The lowest BCUT2D eigenvalue weighted by molar-refractivity contribution is 0.825. The van der Waals surface area contributed by atoms with E-state index in [0.29, 0.717) is 0 Å². The summed E-state index contributed by atoms with van der Waals surface area (Å²) in [5, 5.41) is 2.52. The SMILES string of the molecule is C[C@H](N)c1cccc2c1[nH]c1ccccc12. The first-order valence-corrected chi connectivity index (χ1v) is 5.52. The van der Waals surface area contributed by atoms with Crippen LogP contribution in [0.25, 0.3) is 21.8 Å². The lowest BCUT2D eigenvalue weighted by atomic mass is 10.0. The number of benzene rings is 2. The third-order valence-electron chi connectivity index (χ3n) is 3.06. The molecule has 0 spiro atoms. The van der Waals surface area contributed by atoms with Crippen molar-refractivity contribution in [3.63, 3.8) is 0 Å². The van der Waals surface area contributed by atoms with Crippen LogP contribution in [0.3, 0.4) is 0 Å². The maximum atomic E-state index is 5.98. The molecule has 3 aromatic rings. The Kier molecular flexibility index (Phi) is 1.98. The van der Waals surface area contributed by atoms with Crippen LogP contribution in [0.2, 0.25) is 0 Å². The molecular formula is C14H14N2. The van der Waals surface area contributed by atoms with Gasteiger partial charge in [-0.25, -0.2) is 0 Å². The van der Waals surface area contributed by atoms with Crippen molar-refractivity contribution in [3.8, 4) is 0 Å². The Bertz CT molecular complexity index is 650. The molecule has 3 rings (SSSR count). The fourth-order valence-electron chi connectivity index (χ4n) is 2.28. The molecule has 0 amide bonds. The van der Waals surface area contributed by atoms with Crippen molar-refractivity contribution in [2.24, 2.45) is 5.73 Å². The number of rotatable bonds is 1. The van der Waals surface area contributed by atoms with E-state index in [4.69, 9.17) is 5.73 Å². The molecule has 16 heavy (non-hydrogen) atoms. The van der Waals surface area contributed by atoms with E-state index in [9.17, 15) is 0 Å². The zero-order chi connectivity index (χ0) is 11.1. The van der Waals surface area contributed by atoms with Gasteiger partial charge in [-0.05, 0) is 18.6 Å². The monoisotopic (exact) mass is 210 g/mol. The predicted octanol–water partition coefficient (Wildman–Crippen LogP) is 3.34. The zero-order valence-electron chi connectivity index (χ0n) is 9.20. The quantitative estimate of drug-likeness (QED) is 0.635. The lowest BCUT2D eigenvalue weighted by Gasteiger charge is -2.06. The second-order valence-corrected chi connectivity index (χ2v) is 4.23. The summed E-state index contributed by atoms with van der Waals surface area (Å²) < 4.78 is 0. The number of nitrogens with one attached hydrogen (secondary N) is 1. The first kappa shape index (κ1) is 9.43. The van der Waals surface area contributed by atoms with Crippen molar-refractivity contribution in [3.05, 3.63) is 48.0 Å². The molecule has 1 aromatic heterocycles. The number of H-pyrrole nitrogens is 1. The summed E-state index contributed by atoms with van der Waals surface area (Å²) in [6, 6.07) is 14.7. The Morgan fingerprint density at radius 3 is 2.56 bits per heavy atom. The van der Waals surface area contributed by atoms with Gasteiger partial charge in [-0.3, -0.25) is 0 Å². The molecule has 80 valence electrons. The highest BCUT2D eigenvalue weighted by molar-refractivity contribution is 6.08. The number of aromatic nitrogens is 1. The molecule has 0 radical (unpaired) electrons. The van der Waals surface area contributed by atoms with Gasteiger partial charge in [-0.2, -0.15) is 0 Å². The molecule has 1 heterocycles. The second kappa shape index (κ2) is 3.35. The van der Waals surface area contributed by atoms with Gasteiger partial charge in [-0.1, -0.05) is 36.4 Å².